The fourth-order valence-corrected chi connectivity index (χ4v) is 5.76. The van der Waals surface area contributed by atoms with Crippen molar-refractivity contribution < 1.29 is 44.7 Å². The van der Waals surface area contributed by atoms with Gasteiger partial charge < -0.3 is 10.6 Å². The number of halogens is 8. The first-order valence-corrected chi connectivity index (χ1v) is 14.3. The second-order valence-corrected chi connectivity index (χ2v) is 11.1. The molecule has 2 N–H and O–H groups in total. The van der Waals surface area contributed by atoms with E-state index in [1.54, 1.807) is 37.4 Å². The molecule has 2 aromatic heterocycles. The Morgan fingerprint density at radius 3 is 2.36 bits per heavy atom. The van der Waals surface area contributed by atoms with E-state index in [-0.39, 0.29) is 22.4 Å². The summed E-state index contributed by atoms with van der Waals surface area (Å²) < 4.78 is 115. The molecule has 2 aromatic carbocycles. The van der Waals surface area contributed by atoms with Crippen LogP contribution in [0.1, 0.15) is 69.4 Å². The summed E-state index contributed by atoms with van der Waals surface area (Å²) in [5.41, 5.74) is -2.41. The van der Waals surface area contributed by atoms with Gasteiger partial charge in [0, 0.05) is 42.8 Å². The highest BCUT2D eigenvalue weighted by atomic mass is 19.3. The number of hydrogen-bond acceptors (Lipinski definition) is 5. The average Bonchev–Trinajstić information content (AvgIpc) is 3.41. The highest BCUT2D eigenvalue weighted by molar-refractivity contribution is 5.81. The van der Waals surface area contributed by atoms with Crippen LogP contribution in [0.2, 0.25) is 0 Å². The second kappa shape index (κ2) is 13.2. The SMILES string of the molecule is CNCc1cc(-c2cccnc2C(Cc2cc(F)cc(F)c2)NC(=O)Cn2nc(C(F)F)c3c2C(F)(F)CCC3(F)F)ccc1C=O. The number of amides is 1. The molecule has 1 unspecified atom stereocenters. The van der Waals surface area contributed by atoms with Crippen molar-refractivity contribution in [3.63, 3.8) is 0 Å². The molecule has 0 spiro atoms. The molecule has 1 aliphatic rings. The third-order valence-electron chi connectivity index (χ3n) is 7.76. The zero-order valence-electron chi connectivity index (χ0n) is 24.6. The maximum absolute atomic E-state index is 14.9. The van der Waals surface area contributed by atoms with Gasteiger partial charge >= 0.3 is 0 Å². The number of pyridine rings is 1. The van der Waals surface area contributed by atoms with E-state index in [4.69, 9.17) is 0 Å². The average molecular weight is 666 g/mol. The minimum atomic E-state index is -4.03. The van der Waals surface area contributed by atoms with Crippen molar-refractivity contribution in [3.8, 4) is 11.1 Å². The summed E-state index contributed by atoms with van der Waals surface area (Å²) in [6.45, 7) is -0.837. The molecule has 2 heterocycles. The van der Waals surface area contributed by atoms with Crippen LogP contribution in [0.4, 0.5) is 35.1 Å². The molecule has 0 bridgehead atoms. The Morgan fingerprint density at radius 2 is 1.70 bits per heavy atom. The number of nitrogens with one attached hydrogen (secondary N) is 2. The van der Waals surface area contributed by atoms with Gasteiger partial charge in [-0.25, -0.2) is 26.3 Å². The summed E-state index contributed by atoms with van der Waals surface area (Å²) in [6.07, 6.45) is -4.60. The Kier molecular flexibility index (Phi) is 9.48. The van der Waals surface area contributed by atoms with Crippen LogP contribution in [0.5, 0.6) is 0 Å². The third-order valence-corrected chi connectivity index (χ3v) is 7.76. The smallest absolute Gasteiger partial charge is 0.290 e. The molecule has 0 radical (unpaired) electrons. The molecular weight excluding hydrogens is 638 g/mol. The van der Waals surface area contributed by atoms with Crippen molar-refractivity contribution in [1.82, 2.24) is 25.4 Å². The zero-order chi connectivity index (χ0) is 34.1. The summed E-state index contributed by atoms with van der Waals surface area (Å²) in [5, 5.41) is 8.80. The maximum atomic E-state index is 14.9. The lowest BCUT2D eigenvalue weighted by Crippen LogP contribution is -2.37. The molecule has 7 nitrogen and oxygen atoms in total. The fourth-order valence-electron chi connectivity index (χ4n) is 5.76. The number of hydrogen-bond donors (Lipinski definition) is 2. The Bertz CT molecular complexity index is 1790. The third kappa shape index (κ3) is 7.04. The van der Waals surface area contributed by atoms with Crippen LogP contribution < -0.4 is 10.6 Å². The van der Waals surface area contributed by atoms with Gasteiger partial charge in [0.05, 0.1) is 17.3 Å². The Morgan fingerprint density at radius 1 is 1.00 bits per heavy atom. The van der Waals surface area contributed by atoms with E-state index >= 15 is 0 Å². The van der Waals surface area contributed by atoms with Gasteiger partial charge in [-0.15, -0.1) is 0 Å². The summed E-state index contributed by atoms with van der Waals surface area (Å²) in [5.74, 6) is -11.0. The number of carbonyl (C=O) groups excluding carboxylic acids is 2. The van der Waals surface area contributed by atoms with Crippen LogP contribution in [0.3, 0.4) is 0 Å². The number of aldehydes is 1. The van der Waals surface area contributed by atoms with Gasteiger partial charge in [-0.05, 0) is 54.4 Å². The summed E-state index contributed by atoms with van der Waals surface area (Å²) in [6, 6.07) is 9.55. The minimum absolute atomic E-state index is 0.0687. The molecule has 4 aromatic rings. The van der Waals surface area contributed by atoms with Gasteiger partial charge in [-0.2, -0.15) is 13.9 Å². The lowest BCUT2D eigenvalue weighted by atomic mass is 9.89. The van der Waals surface area contributed by atoms with Crippen LogP contribution in [0, 0.1) is 11.6 Å². The largest absolute Gasteiger partial charge is 0.346 e. The predicted molar refractivity (Wildman–Crippen MR) is 153 cm³/mol. The topological polar surface area (TPSA) is 88.9 Å². The summed E-state index contributed by atoms with van der Waals surface area (Å²) in [7, 11) is 1.68. The molecule has 0 fully saturated rings. The fraction of sp³-hybridized carbons (Fsp3) is 0.312. The first-order valence-electron chi connectivity index (χ1n) is 14.3. The summed E-state index contributed by atoms with van der Waals surface area (Å²) in [4.78, 5) is 29.4. The van der Waals surface area contributed by atoms with Crippen molar-refractivity contribution in [2.24, 2.45) is 0 Å². The number of fused-ring (bicyclic) bond motifs is 1. The van der Waals surface area contributed by atoms with Gasteiger partial charge in [0.2, 0.25) is 5.91 Å². The van der Waals surface area contributed by atoms with Gasteiger partial charge in [-0.3, -0.25) is 19.3 Å². The van der Waals surface area contributed by atoms with E-state index in [1.807, 2.05) is 0 Å². The van der Waals surface area contributed by atoms with E-state index in [1.165, 1.54) is 6.20 Å². The molecule has 15 heteroatoms. The Hall–Kier alpha value is -4.66. The molecular formula is C32H27F8N5O2. The lowest BCUT2D eigenvalue weighted by molar-refractivity contribution is -0.123. The van der Waals surface area contributed by atoms with E-state index < -0.39 is 78.2 Å². The number of aromatic nitrogens is 3. The molecule has 47 heavy (non-hydrogen) atoms. The van der Waals surface area contributed by atoms with E-state index in [0.29, 0.717) is 41.2 Å². The predicted octanol–water partition coefficient (Wildman–Crippen LogP) is 6.77. The van der Waals surface area contributed by atoms with Crippen LogP contribution in [-0.4, -0.2) is 34.0 Å². The first kappa shape index (κ1) is 33.7. The number of alkyl halides is 6. The van der Waals surface area contributed by atoms with Crippen LogP contribution in [0.15, 0.2) is 54.7 Å². The maximum Gasteiger partial charge on any atom is 0.290 e. The van der Waals surface area contributed by atoms with Crippen molar-refractivity contribution in [3.05, 3.63) is 106 Å². The van der Waals surface area contributed by atoms with Crippen molar-refractivity contribution in [2.45, 2.75) is 56.7 Å². The van der Waals surface area contributed by atoms with Crippen molar-refractivity contribution in [2.75, 3.05) is 7.05 Å². The highest BCUT2D eigenvalue weighted by Crippen LogP contribution is 2.52. The molecule has 1 amide bonds. The number of carbonyl (C=O) groups is 2. The van der Waals surface area contributed by atoms with Crippen LogP contribution in [-0.2, 0) is 36.1 Å². The second-order valence-electron chi connectivity index (χ2n) is 11.1. The van der Waals surface area contributed by atoms with E-state index in [9.17, 15) is 44.7 Å². The van der Waals surface area contributed by atoms with Gasteiger partial charge in [0.25, 0.3) is 18.3 Å². The number of benzene rings is 2. The Labute approximate surface area is 263 Å². The monoisotopic (exact) mass is 665 g/mol. The molecule has 0 aliphatic heterocycles. The van der Waals surface area contributed by atoms with Gasteiger partial charge in [-0.1, -0.05) is 18.2 Å². The molecule has 5 rings (SSSR count). The molecule has 1 atom stereocenters. The number of nitrogens with zero attached hydrogens (tertiary/aromatic N) is 3. The zero-order valence-corrected chi connectivity index (χ0v) is 24.6. The number of rotatable bonds is 11. The molecule has 0 saturated heterocycles. The standard InChI is InChI=1S/C32H27F8N5O2/c1-41-14-20-12-18(4-5-19(20)16-46)23-3-2-8-42-27(23)24(11-17-9-21(33)13-22(34)10-17)43-25(47)15-45-29-26(28(44-45)30(35)36)31(37,38)6-7-32(29,39)40/h2-5,8-10,12-13,16,24,30,41H,6-7,11,14-15H2,1H3,(H,43,47). The van der Waals surface area contributed by atoms with Crippen molar-refractivity contribution in [1.29, 1.82) is 0 Å². The van der Waals surface area contributed by atoms with Crippen LogP contribution in [0.25, 0.3) is 11.1 Å². The quantitative estimate of drug-likeness (QED) is 0.136. The summed E-state index contributed by atoms with van der Waals surface area (Å²) >= 11 is 0. The van der Waals surface area contributed by atoms with Gasteiger partial charge in [0.1, 0.15) is 35.9 Å². The normalized spacial score (nSPS) is 15.7. The van der Waals surface area contributed by atoms with Crippen molar-refractivity contribution >= 4 is 12.2 Å². The lowest BCUT2D eigenvalue weighted by Gasteiger charge is -2.29. The minimum Gasteiger partial charge on any atom is -0.346 e. The molecule has 1 aliphatic carbocycles. The Balaban J connectivity index is 1.56. The van der Waals surface area contributed by atoms with Crippen LogP contribution >= 0.6 is 0 Å². The molecule has 0 saturated carbocycles. The highest BCUT2D eigenvalue weighted by Gasteiger charge is 2.55. The van der Waals surface area contributed by atoms with E-state index in [2.05, 4.69) is 20.7 Å². The van der Waals surface area contributed by atoms with Gasteiger partial charge in [0.15, 0.2) is 0 Å². The van der Waals surface area contributed by atoms with E-state index in [0.717, 1.165) is 12.1 Å². The molecule has 248 valence electrons. The first-order chi connectivity index (χ1) is 22.2.